The molecule has 1 aliphatic heterocycles. The number of amides is 4. The number of alkyl carbamates (subject to hydrolysis) is 1. The number of imide groups is 1. The van der Waals surface area contributed by atoms with Gasteiger partial charge in [0.05, 0.1) is 0 Å². The van der Waals surface area contributed by atoms with Crippen LogP contribution in [0.4, 0.5) is 9.59 Å². The fraction of sp³-hybridized carbons (Fsp3) is 0.733. The van der Waals surface area contributed by atoms with Crippen LogP contribution in [0.5, 0.6) is 0 Å². The number of hydrogen-bond donors (Lipinski definition) is 2. The standard InChI is InChI=1S/C15H25N3O6/c1-15(2,3)23-13(21)16-9-5-4-6-10-17-14(22)24-18-11(19)7-8-12(18)20/h4-10H2,1-3H3,(H,16,21)(H,17,22). The summed E-state index contributed by atoms with van der Waals surface area (Å²) >= 11 is 0. The Morgan fingerprint density at radius 3 is 1.96 bits per heavy atom. The lowest BCUT2D eigenvalue weighted by molar-refractivity contribution is -0.171. The minimum atomic E-state index is -0.828. The van der Waals surface area contributed by atoms with Crippen LogP contribution in [0.15, 0.2) is 0 Å². The fourth-order valence-corrected chi connectivity index (χ4v) is 1.89. The molecule has 4 amide bonds. The molecule has 0 atom stereocenters. The molecule has 0 aromatic rings. The van der Waals surface area contributed by atoms with Gasteiger partial charge in [-0.1, -0.05) is 0 Å². The second-order valence-electron chi connectivity index (χ2n) is 6.38. The van der Waals surface area contributed by atoms with Gasteiger partial charge in [0.15, 0.2) is 0 Å². The molecule has 24 heavy (non-hydrogen) atoms. The van der Waals surface area contributed by atoms with E-state index >= 15 is 0 Å². The SMILES string of the molecule is CC(C)(C)OC(=O)NCCCCCNC(=O)ON1C(=O)CCC1=O. The van der Waals surface area contributed by atoms with Crippen LogP contribution in [0.3, 0.4) is 0 Å². The normalized spacial score (nSPS) is 14.5. The van der Waals surface area contributed by atoms with Crippen molar-refractivity contribution in [1.29, 1.82) is 0 Å². The Hall–Kier alpha value is -2.32. The number of hydrogen-bond acceptors (Lipinski definition) is 6. The van der Waals surface area contributed by atoms with Gasteiger partial charge in [0.2, 0.25) is 0 Å². The second-order valence-corrected chi connectivity index (χ2v) is 6.38. The minimum Gasteiger partial charge on any atom is -0.444 e. The van der Waals surface area contributed by atoms with E-state index in [4.69, 9.17) is 4.74 Å². The summed E-state index contributed by atoms with van der Waals surface area (Å²) in [7, 11) is 0. The van der Waals surface area contributed by atoms with Crippen LogP contribution < -0.4 is 10.6 Å². The van der Waals surface area contributed by atoms with E-state index < -0.39 is 29.6 Å². The van der Waals surface area contributed by atoms with Gasteiger partial charge in [-0.15, -0.1) is 5.06 Å². The molecule has 9 heteroatoms. The monoisotopic (exact) mass is 343 g/mol. The Kier molecular flexibility index (Phi) is 7.47. The van der Waals surface area contributed by atoms with E-state index in [1.807, 2.05) is 0 Å². The third-order valence-corrected chi connectivity index (χ3v) is 2.97. The average Bonchev–Trinajstić information content (AvgIpc) is 2.76. The highest BCUT2D eigenvalue weighted by atomic mass is 16.7. The first kappa shape index (κ1) is 19.7. The van der Waals surface area contributed by atoms with E-state index in [1.54, 1.807) is 20.8 Å². The molecule has 1 aliphatic rings. The maximum absolute atomic E-state index is 11.4. The molecule has 1 saturated heterocycles. The third-order valence-electron chi connectivity index (χ3n) is 2.97. The molecule has 0 bridgehead atoms. The van der Waals surface area contributed by atoms with E-state index in [2.05, 4.69) is 15.5 Å². The molecule has 0 unspecified atom stereocenters. The Labute approximate surface area is 141 Å². The van der Waals surface area contributed by atoms with Gasteiger partial charge in [-0.05, 0) is 40.0 Å². The Bertz CT molecular complexity index is 470. The molecule has 136 valence electrons. The van der Waals surface area contributed by atoms with Crippen molar-refractivity contribution in [3.8, 4) is 0 Å². The number of carbonyl (C=O) groups is 4. The molecular weight excluding hydrogens is 318 g/mol. The van der Waals surface area contributed by atoms with Crippen molar-refractivity contribution in [3.63, 3.8) is 0 Å². The van der Waals surface area contributed by atoms with Crippen LogP contribution >= 0.6 is 0 Å². The summed E-state index contributed by atoms with van der Waals surface area (Å²) in [5, 5.41) is 5.60. The Balaban J connectivity index is 2.02. The topological polar surface area (TPSA) is 114 Å². The van der Waals surface area contributed by atoms with Crippen LogP contribution in [-0.2, 0) is 19.2 Å². The predicted octanol–water partition coefficient (Wildman–Crippen LogP) is 1.47. The zero-order valence-electron chi connectivity index (χ0n) is 14.3. The molecule has 1 fully saturated rings. The van der Waals surface area contributed by atoms with Crippen LogP contribution in [0, 0.1) is 0 Å². The summed E-state index contributed by atoms with van der Waals surface area (Å²) in [6, 6.07) is 0. The van der Waals surface area contributed by atoms with E-state index in [9.17, 15) is 19.2 Å². The third kappa shape index (κ3) is 7.80. The van der Waals surface area contributed by atoms with Crippen molar-refractivity contribution in [1.82, 2.24) is 15.7 Å². The summed E-state index contributed by atoms with van der Waals surface area (Å²) in [4.78, 5) is 50.0. The van der Waals surface area contributed by atoms with Gasteiger partial charge < -0.3 is 20.2 Å². The molecule has 9 nitrogen and oxygen atoms in total. The summed E-state index contributed by atoms with van der Waals surface area (Å²) < 4.78 is 5.09. The van der Waals surface area contributed by atoms with Gasteiger partial charge in [-0.3, -0.25) is 9.59 Å². The van der Waals surface area contributed by atoms with Crippen molar-refractivity contribution in [2.24, 2.45) is 0 Å². The van der Waals surface area contributed by atoms with Gasteiger partial charge in [0, 0.05) is 25.9 Å². The summed E-state index contributed by atoms with van der Waals surface area (Å²) in [6.45, 7) is 6.21. The average molecular weight is 343 g/mol. The molecule has 1 heterocycles. The van der Waals surface area contributed by atoms with Crippen molar-refractivity contribution in [2.45, 2.75) is 58.5 Å². The molecule has 2 N–H and O–H groups in total. The Morgan fingerprint density at radius 1 is 0.958 bits per heavy atom. The van der Waals surface area contributed by atoms with Gasteiger partial charge in [0.25, 0.3) is 11.8 Å². The lowest BCUT2D eigenvalue weighted by Gasteiger charge is -2.19. The highest BCUT2D eigenvalue weighted by Gasteiger charge is 2.32. The smallest absolute Gasteiger partial charge is 0.432 e. The molecule has 0 saturated carbocycles. The number of carbonyl (C=O) groups excluding carboxylic acids is 4. The van der Waals surface area contributed by atoms with E-state index in [0.717, 1.165) is 12.8 Å². The van der Waals surface area contributed by atoms with Crippen LogP contribution in [0.2, 0.25) is 0 Å². The predicted molar refractivity (Wildman–Crippen MR) is 83.7 cm³/mol. The second kappa shape index (κ2) is 9.09. The summed E-state index contributed by atoms with van der Waals surface area (Å²) in [6.07, 6.45) is 1.03. The van der Waals surface area contributed by atoms with E-state index in [-0.39, 0.29) is 12.8 Å². The molecule has 0 spiro atoms. The summed E-state index contributed by atoms with van der Waals surface area (Å²) in [5.74, 6) is -1.02. The first-order valence-corrected chi connectivity index (χ1v) is 7.97. The van der Waals surface area contributed by atoms with Crippen LogP contribution in [0.1, 0.15) is 52.9 Å². The zero-order chi connectivity index (χ0) is 18.2. The first-order chi connectivity index (χ1) is 11.2. The number of hydroxylamine groups is 2. The number of nitrogens with one attached hydrogen (secondary N) is 2. The minimum absolute atomic E-state index is 0.0662. The maximum atomic E-state index is 11.4. The maximum Gasteiger partial charge on any atom is 0.432 e. The number of rotatable bonds is 7. The summed E-state index contributed by atoms with van der Waals surface area (Å²) in [5.41, 5.74) is -0.521. The van der Waals surface area contributed by atoms with E-state index in [0.29, 0.717) is 24.6 Å². The first-order valence-electron chi connectivity index (χ1n) is 7.97. The molecule has 1 rings (SSSR count). The van der Waals surface area contributed by atoms with Gasteiger partial charge in [0.1, 0.15) is 5.60 Å². The number of unbranched alkanes of at least 4 members (excludes halogenated alkanes) is 2. The largest absolute Gasteiger partial charge is 0.444 e. The molecule has 0 aromatic heterocycles. The Morgan fingerprint density at radius 2 is 1.46 bits per heavy atom. The van der Waals surface area contributed by atoms with Crippen LogP contribution in [-0.4, -0.2) is 47.8 Å². The molecule has 0 aromatic carbocycles. The zero-order valence-corrected chi connectivity index (χ0v) is 14.3. The quantitative estimate of drug-likeness (QED) is 0.534. The van der Waals surface area contributed by atoms with Crippen molar-refractivity contribution in [2.75, 3.05) is 13.1 Å². The van der Waals surface area contributed by atoms with Crippen molar-refractivity contribution in [3.05, 3.63) is 0 Å². The number of ether oxygens (including phenoxy) is 1. The highest BCUT2D eigenvalue weighted by Crippen LogP contribution is 2.11. The molecular formula is C15H25N3O6. The lowest BCUT2D eigenvalue weighted by atomic mass is 10.2. The van der Waals surface area contributed by atoms with Crippen LogP contribution in [0.25, 0.3) is 0 Å². The van der Waals surface area contributed by atoms with Crippen molar-refractivity contribution < 1.29 is 28.8 Å². The fourth-order valence-electron chi connectivity index (χ4n) is 1.89. The van der Waals surface area contributed by atoms with E-state index in [1.165, 1.54) is 0 Å². The lowest BCUT2D eigenvalue weighted by Crippen LogP contribution is -2.37. The van der Waals surface area contributed by atoms with Gasteiger partial charge in [-0.25, -0.2) is 9.59 Å². The van der Waals surface area contributed by atoms with Crippen molar-refractivity contribution >= 4 is 24.0 Å². The highest BCUT2D eigenvalue weighted by molar-refractivity contribution is 6.01. The molecule has 0 aliphatic carbocycles. The molecule has 0 radical (unpaired) electrons. The van der Waals surface area contributed by atoms with Gasteiger partial charge in [-0.2, -0.15) is 0 Å². The van der Waals surface area contributed by atoms with Gasteiger partial charge >= 0.3 is 12.2 Å². The number of nitrogens with zero attached hydrogens (tertiary/aromatic N) is 1.